The predicted octanol–water partition coefficient (Wildman–Crippen LogP) is 4.92. The van der Waals surface area contributed by atoms with E-state index in [9.17, 15) is 0 Å². The van der Waals surface area contributed by atoms with E-state index in [-0.39, 0.29) is 0 Å². The Morgan fingerprint density at radius 3 is 1.63 bits per heavy atom. The van der Waals surface area contributed by atoms with Crippen molar-refractivity contribution in [2.24, 2.45) is 0 Å². The van der Waals surface area contributed by atoms with Crippen molar-refractivity contribution in [2.45, 2.75) is 0 Å². The number of anilines is 2. The Labute approximate surface area is 109 Å². The molecule has 3 heteroatoms. The average molecular weight is 249 g/mol. The van der Waals surface area contributed by atoms with Crippen LogP contribution in [0.15, 0.2) is 69.9 Å². The fourth-order valence-corrected chi connectivity index (χ4v) is 2.29. The Kier molecular flexibility index (Phi) is 2.12. The zero-order valence-corrected chi connectivity index (χ0v) is 10.1. The van der Waals surface area contributed by atoms with Crippen molar-refractivity contribution in [3.05, 3.63) is 61.1 Å². The molecule has 0 bridgehead atoms. The van der Waals surface area contributed by atoms with Gasteiger partial charge in [0.15, 0.2) is 0 Å². The molecule has 0 saturated heterocycles. The fourth-order valence-electron chi connectivity index (χ4n) is 2.29. The molecule has 0 aliphatic heterocycles. The second-order valence-electron chi connectivity index (χ2n) is 4.42. The monoisotopic (exact) mass is 249 g/mol. The number of para-hydroxylation sites is 2. The van der Waals surface area contributed by atoms with Crippen LogP contribution < -0.4 is 5.32 Å². The average Bonchev–Trinajstić information content (AvgIpc) is 3.05. The number of rotatable bonds is 2. The van der Waals surface area contributed by atoms with Crippen molar-refractivity contribution >= 4 is 33.3 Å². The highest BCUT2D eigenvalue weighted by molar-refractivity contribution is 5.97. The van der Waals surface area contributed by atoms with E-state index in [1.807, 2.05) is 48.5 Å². The lowest BCUT2D eigenvalue weighted by molar-refractivity contribution is 0.615. The summed E-state index contributed by atoms with van der Waals surface area (Å²) in [4.78, 5) is 0. The van der Waals surface area contributed by atoms with E-state index in [0.29, 0.717) is 0 Å². The molecule has 0 radical (unpaired) electrons. The highest BCUT2D eigenvalue weighted by Crippen LogP contribution is 2.32. The van der Waals surface area contributed by atoms with Crippen LogP contribution in [0.3, 0.4) is 0 Å². The lowest BCUT2D eigenvalue weighted by atomic mass is 10.2. The minimum absolute atomic E-state index is 0.873. The van der Waals surface area contributed by atoms with E-state index in [4.69, 9.17) is 8.83 Å². The molecule has 0 amide bonds. The van der Waals surface area contributed by atoms with Crippen molar-refractivity contribution in [2.75, 3.05) is 5.32 Å². The Bertz CT molecular complexity index is 785. The van der Waals surface area contributed by atoms with E-state index in [2.05, 4.69) is 5.32 Å². The molecular formula is C16H11NO2. The second kappa shape index (κ2) is 3.92. The van der Waals surface area contributed by atoms with Gasteiger partial charge in [-0.05, 0) is 24.3 Å². The fraction of sp³-hybridized carbons (Fsp3) is 0. The van der Waals surface area contributed by atoms with Crippen molar-refractivity contribution in [1.29, 1.82) is 0 Å². The number of fused-ring (bicyclic) bond motifs is 2. The lowest BCUT2D eigenvalue weighted by Crippen LogP contribution is -1.86. The Balaban J connectivity index is 1.82. The van der Waals surface area contributed by atoms with Gasteiger partial charge in [0.2, 0.25) is 0 Å². The van der Waals surface area contributed by atoms with Gasteiger partial charge in [0, 0.05) is 10.8 Å². The molecule has 0 spiro atoms. The standard InChI is InChI=1S/C16H11NO2/c1-3-7-15-11(5-1)13(9-18-15)17-14-10-19-16-8-4-2-6-12(14)16/h1-10,17H. The van der Waals surface area contributed by atoms with E-state index >= 15 is 0 Å². The quantitative estimate of drug-likeness (QED) is 0.547. The topological polar surface area (TPSA) is 38.3 Å². The minimum Gasteiger partial charge on any atom is -0.462 e. The van der Waals surface area contributed by atoms with Crippen LogP contribution in [0.25, 0.3) is 21.9 Å². The molecule has 2 heterocycles. The second-order valence-corrected chi connectivity index (χ2v) is 4.42. The van der Waals surface area contributed by atoms with E-state index in [0.717, 1.165) is 33.3 Å². The maximum absolute atomic E-state index is 5.52. The first-order valence-corrected chi connectivity index (χ1v) is 6.11. The Morgan fingerprint density at radius 1 is 0.632 bits per heavy atom. The van der Waals surface area contributed by atoms with Crippen LogP contribution >= 0.6 is 0 Å². The summed E-state index contributed by atoms with van der Waals surface area (Å²) in [6.07, 6.45) is 3.46. The summed E-state index contributed by atoms with van der Waals surface area (Å²) >= 11 is 0. The van der Waals surface area contributed by atoms with Crippen molar-refractivity contribution in [3.63, 3.8) is 0 Å². The largest absolute Gasteiger partial charge is 0.462 e. The van der Waals surface area contributed by atoms with Gasteiger partial charge in [-0.1, -0.05) is 24.3 Å². The summed E-state index contributed by atoms with van der Waals surface area (Å²) in [5.41, 5.74) is 3.64. The summed E-state index contributed by atoms with van der Waals surface area (Å²) in [5.74, 6) is 0. The third-order valence-corrected chi connectivity index (χ3v) is 3.23. The molecule has 92 valence electrons. The van der Waals surface area contributed by atoms with Gasteiger partial charge < -0.3 is 14.2 Å². The van der Waals surface area contributed by atoms with Crippen molar-refractivity contribution in [3.8, 4) is 0 Å². The minimum atomic E-state index is 0.873. The van der Waals surface area contributed by atoms with Gasteiger partial charge in [-0.25, -0.2) is 0 Å². The van der Waals surface area contributed by atoms with E-state index < -0.39 is 0 Å². The lowest BCUT2D eigenvalue weighted by Gasteiger charge is -2.00. The highest BCUT2D eigenvalue weighted by atomic mass is 16.3. The molecule has 0 aliphatic carbocycles. The summed E-state index contributed by atoms with van der Waals surface area (Å²) in [6.45, 7) is 0. The molecule has 2 aromatic heterocycles. The predicted molar refractivity (Wildman–Crippen MR) is 75.7 cm³/mol. The van der Waals surface area contributed by atoms with Crippen LogP contribution in [0.2, 0.25) is 0 Å². The molecule has 0 saturated carbocycles. The van der Waals surface area contributed by atoms with Crippen LogP contribution in [0.1, 0.15) is 0 Å². The molecule has 0 aliphatic rings. The van der Waals surface area contributed by atoms with Gasteiger partial charge in [-0.15, -0.1) is 0 Å². The van der Waals surface area contributed by atoms with Crippen LogP contribution in [-0.4, -0.2) is 0 Å². The molecule has 0 fully saturated rings. The smallest absolute Gasteiger partial charge is 0.136 e. The summed E-state index contributed by atoms with van der Waals surface area (Å²) < 4.78 is 11.0. The van der Waals surface area contributed by atoms with Gasteiger partial charge in [0.05, 0.1) is 11.4 Å². The first kappa shape index (κ1) is 10.3. The van der Waals surface area contributed by atoms with Crippen molar-refractivity contribution < 1.29 is 8.83 Å². The molecule has 4 aromatic rings. The molecule has 19 heavy (non-hydrogen) atoms. The normalized spacial score (nSPS) is 11.2. The molecule has 3 nitrogen and oxygen atoms in total. The SMILES string of the molecule is c1ccc2c(Nc3coc4ccccc34)coc2c1. The van der Waals surface area contributed by atoms with Crippen molar-refractivity contribution in [1.82, 2.24) is 0 Å². The maximum Gasteiger partial charge on any atom is 0.136 e. The number of hydrogen-bond donors (Lipinski definition) is 1. The highest BCUT2D eigenvalue weighted by Gasteiger charge is 2.09. The van der Waals surface area contributed by atoms with Crippen LogP contribution in [-0.2, 0) is 0 Å². The summed E-state index contributed by atoms with van der Waals surface area (Å²) in [6, 6.07) is 15.9. The number of furan rings is 2. The third kappa shape index (κ3) is 1.59. The first-order chi connectivity index (χ1) is 9.42. The van der Waals surface area contributed by atoms with Gasteiger partial charge in [-0.2, -0.15) is 0 Å². The van der Waals surface area contributed by atoms with Gasteiger partial charge in [0.25, 0.3) is 0 Å². The maximum atomic E-state index is 5.52. The van der Waals surface area contributed by atoms with E-state index in [1.54, 1.807) is 12.5 Å². The Hall–Kier alpha value is -2.68. The number of nitrogens with one attached hydrogen (secondary N) is 1. The zero-order chi connectivity index (χ0) is 12.7. The number of hydrogen-bond acceptors (Lipinski definition) is 3. The summed E-state index contributed by atoms with van der Waals surface area (Å²) in [5, 5.41) is 5.49. The van der Waals surface area contributed by atoms with Gasteiger partial charge in [-0.3, -0.25) is 0 Å². The summed E-state index contributed by atoms with van der Waals surface area (Å²) in [7, 11) is 0. The van der Waals surface area contributed by atoms with Crippen LogP contribution in [0.4, 0.5) is 11.4 Å². The van der Waals surface area contributed by atoms with E-state index in [1.165, 1.54) is 0 Å². The molecule has 0 unspecified atom stereocenters. The first-order valence-electron chi connectivity index (χ1n) is 6.11. The Morgan fingerprint density at radius 2 is 1.11 bits per heavy atom. The van der Waals surface area contributed by atoms with Gasteiger partial charge >= 0.3 is 0 Å². The van der Waals surface area contributed by atoms with Crippen LogP contribution in [0, 0.1) is 0 Å². The molecule has 0 atom stereocenters. The molecular weight excluding hydrogens is 238 g/mol. The van der Waals surface area contributed by atoms with Gasteiger partial charge in [0.1, 0.15) is 23.7 Å². The molecule has 1 N–H and O–H groups in total. The molecule has 4 rings (SSSR count). The number of benzene rings is 2. The van der Waals surface area contributed by atoms with Crippen LogP contribution in [0.5, 0.6) is 0 Å². The third-order valence-electron chi connectivity index (χ3n) is 3.23. The zero-order valence-electron chi connectivity index (χ0n) is 10.1. The molecule has 2 aromatic carbocycles.